The van der Waals surface area contributed by atoms with Crippen LogP contribution < -0.4 is 0 Å². The minimum Gasteiger partial charge on any atom is -0.476 e. The van der Waals surface area contributed by atoms with Crippen LogP contribution in [0.5, 0.6) is 0 Å². The van der Waals surface area contributed by atoms with Gasteiger partial charge in [0.05, 0.1) is 0 Å². The van der Waals surface area contributed by atoms with Crippen LogP contribution in [0.4, 0.5) is 0 Å². The summed E-state index contributed by atoms with van der Waals surface area (Å²) in [4.78, 5) is 19.5. The molecule has 0 aliphatic rings. The smallest absolute Gasteiger partial charge is 0.355 e. The standard InChI is InChI=1S/C13H12N2O2S/c1-8-5-3-4-6-9(8)10-7-14-13(18-2)15-11(10)12(16)17/h3-7H,1-2H3,(H,16,17). The summed E-state index contributed by atoms with van der Waals surface area (Å²) in [5.74, 6) is -1.04. The van der Waals surface area contributed by atoms with Crippen LogP contribution in [-0.4, -0.2) is 27.3 Å². The zero-order chi connectivity index (χ0) is 13.1. The lowest BCUT2D eigenvalue weighted by atomic mass is 10.0. The number of carboxylic acids is 1. The Hall–Kier alpha value is -1.88. The van der Waals surface area contributed by atoms with Gasteiger partial charge in [-0.25, -0.2) is 14.8 Å². The van der Waals surface area contributed by atoms with E-state index in [2.05, 4.69) is 9.97 Å². The van der Waals surface area contributed by atoms with Crippen molar-refractivity contribution in [1.29, 1.82) is 0 Å². The van der Waals surface area contributed by atoms with E-state index >= 15 is 0 Å². The SMILES string of the molecule is CSc1ncc(-c2ccccc2C)c(C(=O)O)n1. The summed E-state index contributed by atoms with van der Waals surface area (Å²) in [7, 11) is 0. The maximum atomic E-state index is 11.3. The highest BCUT2D eigenvalue weighted by molar-refractivity contribution is 7.98. The van der Waals surface area contributed by atoms with Crippen LogP contribution in [0, 0.1) is 6.92 Å². The second-order valence-electron chi connectivity index (χ2n) is 3.74. The number of thioether (sulfide) groups is 1. The van der Waals surface area contributed by atoms with Crippen LogP contribution >= 0.6 is 11.8 Å². The molecular formula is C13H12N2O2S. The fourth-order valence-corrected chi connectivity index (χ4v) is 2.04. The van der Waals surface area contributed by atoms with Crippen molar-refractivity contribution in [1.82, 2.24) is 9.97 Å². The first-order valence-corrected chi connectivity index (χ1v) is 6.56. The molecule has 2 rings (SSSR count). The van der Waals surface area contributed by atoms with Gasteiger partial charge in [0.1, 0.15) is 0 Å². The van der Waals surface area contributed by atoms with Crippen LogP contribution in [0.25, 0.3) is 11.1 Å². The summed E-state index contributed by atoms with van der Waals surface area (Å²) in [6, 6.07) is 7.59. The Bertz CT molecular complexity index is 599. The highest BCUT2D eigenvalue weighted by Gasteiger charge is 2.16. The van der Waals surface area contributed by atoms with E-state index in [9.17, 15) is 9.90 Å². The third-order valence-electron chi connectivity index (χ3n) is 2.59. The van der Waals surface area contributed by atoms with E-state index < -0.39 is 5.97 Å². The Balaban J connectivity index is 2.64. The molecule has 0 atom stereocenters. The summed E-state index contributed by atoms with van der Waals surface area (Å²) >= 11 is 1.32. The molecule has 2 aromatic rings. The topological polar surface area (TPSA) is 63.1 Å². The Morgan fingerprint density at radius 3 is 2.61 bits per heavy atom. The molecule has 5 heteroatoms. The normalized spacial score (nSPS) is 10.3. The zero-order valence-electron chi connectivity index (χ0n) is 10.0. The molecule has 0 spiro atoms. The molecule has 1 N–H and O–H groups in total. The molecule has 0 radical (unpaired) electrons. The minimum atomic E-state index is -1.04. The predicted molar refractivity (Wildman–Crippen MR) is 70.9 cm³/mol. The zero-order valence-corrected chi connectivity index (χ0v) is 10.9. The van der Waals surface area contributed by atoms with Crippen molar-refractivity contribution >= 4 is 17.7 Å². The van der Waals surface area contributed by atoms with Crippen LogP contribution in [0.15, 0.2) is 35.6 Å². The number of carbonyl (C=O) groups is 1. The molecule has 0 bridgehead atoms. The van der Waals surface area contributed by atoms with Crippen LogP contribution in [0.1, 0.15) is 16.1 Å². The lowest BCUT2D eigenvalue weighted by molar-refractivity contribution is 0.0690. The highest BCUT2D eigenvalue weighted by atomic mass is 32.2. The van der Waals surface area contributed by atoms with Crippen LogP contribution in [-0.2, 0) is 0 Å². The van der Waals surface area contributed by atoms with Crippen LogP contribution in [0.3, 0.4) is 0 Å². The molecule has 1 heterocycles. The first-order chi connectivity index (χ1) is 8.63. The molecule has 0 aliphatic carbocycles. The van der Waals surface area contributed by atoms with E-state index in [1.54, 1.807) is 6.20 Å². The highest BCUT2D eigenvalue weighted by Crippen LogP contribution is 2.26. The molecule has 0 unspecified atom stereocenters. The van der Waals surface area contributed by atoms with E-state index in [-0.39, 0.29) is 5.69 Å². The van der Waals surface area contributed by atoms with Gasteiger partial charge in [0.2, 0.25) is 0 Å². The van der Waals surface area contributed by atoms with Gasteiger partial charge in [0.15, 0.2) is 10.9 Å². The van der Waals surface area contributed by atoms with Gasteiger partial charge in [-0.2, -0.15) is 0 Å². The fraction of sp³-hybridized carbons (Fsp3) is 0.154. The molecule has 0 saturated carbocycles. The van der Waals surface area contributed by atoms with Crippen molar-refractivity contribution < 1.29 is 9.90 Å². The molecule has 1 aromatic heterocycles. The number of aromatic carboxylic acids is 1. The predicted octanol–water partition coefficient (Wildman–Crippen LogP) is 2.87. The third kappa shape index (κ3) is 2.36. The summed E-state index contributed by atoms with van der Waals surface area (Å²) in [6.45, 7) is 1.93. The summed E-state index contributed by atoms with van der Waals surface area (Å²) in [5.41, 5.74) is 2.45. The number of aromatic nitrogens is 2. The molecule has 18 heavy (non-hydrogen) atoms. The van der Waals surface area contributed by atoms with Gasteiger partial charge in [0, 0.05) is 11.8 Å². The molecule has 92 valence electrons. The van der Waals surface area contributed by atoms with Gasteiger partial charge in [0.25, 0.3) is 0 Å². The first kappa shape index (κ1) is 12.6. The second kappa shape index (κ2) is 5.18. The van der Waals surface area contributed by atoms with Gasteiger partial charge in [-0.05, 0) is 24.3 Å². The Kier molecular flexibility index (Phi) is 3.62. The molecule has 0 aliphatic heterocycles. The Labute approximate surface area is 109 Å². The summed E-state index contributed by atoms with van der Waals surface area (Å²) in [5, 5.41) is 9.70. The van der Waals surface area contributed by atoms with Crippen molar-refractivity contribution in [2.24, 2.45) is 0 Å². The minimum absolute atomic E-state index is 0.0450. The van der Waals surface area contributed by atoms with Crippen LogP contribution in [0.2, 0.25) is 0 Å². The van der Waals surface area contributed by atoms with E-state index in [0.717, 1.165) is 11.1 Å². The average Bonchev–Trinajstić information content (AvgIpc) is 2.38. The molecule has 0 saturated heterocycles. The number of aryl methyl sites for hydroxylation is 1. The number of rotatable bonds is 3. The van der Waals surface area contributed by atoms with Gasteiger partial charge < -0.3 is 5.11 Å². The molecule has 1 aromatic carbocycles. The lowest BCUT2D eigenvalue weighted by Gasteiger charge is -2.08. The largest absolute Gasteiger partial charge is 0.476 e. The third-order valence-corrected chi connectivity index (χ3v) is 3.15. The first-order valence-electron chi connectivity index (χ1n) is 5.34. The molecule has 0 fully saturated rings. The van der Waals surface area contributed by atoms with Gasteiger partial charge in [-0.1, -0.05) is 36.0 Å². The van der Waals surface area contributed by atoms with Crippen molar-refractivity contribution in [3.8, 4) is 11.1 Å². The van der Waals surface area contributed by atoms with Crippen molar-refractivity contribution in [2.75, 3.05) is 6.26 Å². The molecule has 0 amide bonds. The summed E-state index contributed by atoms with van der Waals surface area (Å²) < 4.78 is 0. The number of hydrogen-bond donors (Lipinski definition) is 1. The Morgan fingerprint density at radius 2 is 2.00 bits per heavy atom. The van der Waals surface area contributed by atoms with E-state index in [1.807, 2.05) is 37.4 Å². The van der Waals surface area contributed by atoms with Crippen molar-refractivity contribution in [3.63, 3.8) is 0 Å². The van der Waals surface area contributed by atoms with Gasteiger partial charge >= 0.3 is 5.97 Å². The monoisotopic (exact) mass is 260 g/mol. The van der Waals surface area contributed by atoms with Gasteiger partial charge in [-0.15, -0.1) is 0 Å². The number of benzene rings is 1. The maximum absolute atomic E-state index is 11.3. The van der Waals surface area contributed by atoms with E-state index in [1.165, 1.54) is 11.8 Å². The van der Waals surface area contributed by atoms with Crippen molar-refractivity contribution in [2.45, 2.75) is 12.1 Å². The quantitative estimate of drug-likeness (QED) is 0.679. The molecule has 4 nitrogen and oxygen atoms in total. The number of nitrogens with zero attached hydrogens (tertiary/aromatic N) is 2. The lowest BCUT2D eigenvalue weighted by Crippen LogP contribution is -2.06. The summed E-state index contributed by atoms with van der Waals surface area (Å²) in [6.07, 6.45) is 3.39. The average molecular weight is 260 g/mol. The molecular weight excluding hydrogens is 248 g/mol. The van der Waals surface area contributed by atoms with Gasteiger partial charge in [-0.3, -0.25) is 0 Å². The Morgan fingerprint density at radius 1 is 1.28 bits per heavy atom. The maximum Gasteiger partial charge on any atom is 0.355 e. The number of carboxylic acid groups (broad SMARTS) is 1. The fourth-order valence-electron chi connectivity index (χ4n) is 1.70. The van der Waals surface area contributed by atoms with E-state index in [0.29, 0.717) is 10.7 Å². The number of hydrogen-bond acceptors (Lipinski definition) is 4. The van der Waals surface area contributed by atoms with E-state index in [4.69, 9.17) is 0 Å². The second-order valence-corrected chi connectivity index (χ2v) is 4.51. The van der Waals surface area contributed by atoms with Crippen molar-refractivity contribution in [3.05, 3.63) is 41.7 Å².